The van der Waals surface area contributed by atoms with Gasteiger partial charge in [0.1, 0.15) is 5.75 Å². The lowest BCUT2D eigenvalue weighted by atomic mass is 9.79. The Hall–Kier alpha value is -1.91. The van der Waals surface area contributed by atoms with Gasteiger partial charge in [-0.1, -0.05) is 24.3 Å². The molecule has 2 aromatic rings. The van der Waals surface area contributed by atoms with Gasteiger partial charge in [0.05, 0.1) is 12.8 Å². The van der Waals surface area contributed by atoms with Crippen molar-refractivity contribution < 1.29 is 4.74 Å². The molecule has 4 heteroatoms. The molecular formula is C23H33N3O. The molecule has 1 aliphatic heterocycles. The van der Waals surface area contributed by atoms with Crippen molar-refractivity contribution in [1.82, 2.24) is 15.2 Å². The van der Waals surface area contributed by atoms with E-state index < -0.39 is 0 Å². The minimum Gasteiger partial charge on any atom is -0.496 e. The van der Waals surface area contributed by atoms with Gasteiger partial charge in [-0.05, 0) is 58.7 Å². The second-order valence-corrected chi connectivity index (χ2v) is 8.99. The van der Waals surface area contributed by atoms with Gasteiger partial charge in [0, 0.05) is 42.0 Å². The molecule has 1 aromatic carbocycles. The highest BCUT2D eigenvalue weighted by atomic mass is 16.5. The van der Waals surface area contributed by atoms with Crippen LogP contribution in [0, 0.1) is 0 Å². The van der Waals surface area contributed by atoms with Gasteiger partial charge in [0.15, 0.2) is 0 Å². The van der Waals surface area contributed by atoms with Crippen LogP contribution in [0.3, 0.4) is 0 Å². The third-order valence-corrected chi connectivity index (χ3v) is 5.34. The summed E-state index contributed by atoms with van der Waals surface area (Å²) in [5.74, 6) is 0.955. The van der Waals surface area contributed by atoms with E-state index in [1.165, 1.54) is 5.56 Å². The van der Waals surface area contributed by atoms with Crippen molar-refractivity contribution in [3.63, 3.8) is 0 Å². The lowest BCUT2D eigenvalue weighted by Crippen LogP contribution is -2.62. The Morgan fingerprint density at radius 2 is 1.67 bits per heavy atom. The molecule has 4 nitrogen and oxygen atoms in total. The summed E-state index contributed by atoms with van der Waals surface area (Å²) in [5.41, 5.74) is 2.55. The molecule has 0 saturated carbocycles. The molecule has 27 heavy (non-hydrogen) atoms. The topological polar surface area (TPSA) is 37.4 Å². The minimum absolute atomic E-state index is 0.107. The summed E-state index contributed by atoms with van der Waals surface area (Å²) in [4.78, 5) is 7.16. The van der Waals surface area contributed by atoms with Crippen LogP contribution in [0.4, 0.5) is 0 Å². The van der Waals surface area contributed by atoms with Gasteiger partial charge in [-0.2, -0.15) is 0 Å². The fraction of sp³-hybridized carbons (Fsp3) is 0.522. The van der Waals surface area contributed by atoms with Crippen molar-refractivity contribution in [3.05, 3.63) is 59.9 Å². The maximum absolute atomic E-state index is 5.61. The molecule has 3 rings (SSSR count). The average Bonchev–Trinajstić information content (AvgIpc) is 2.60. The summed E-state index contributed by atoms with van der Waals surface area (Å²) in [5, 5.41) is 3.80. The van der Waals surface area contributed by atoms with E-state index in [1.54, 1.807) is 7.11 Å². The fourth-order valence-electron chi connectivity index (χ4n) is 4.59. The number of para-hydroxylation sites is 1. The molecule has 1 saturated heterocycles. The second-order valence-electron chi connectivity index (χ2n) is 8.99. The van der Waals surface area contributed by atoms with Crippen molar-refractivity contribution in [2.45, 2.75) is 70.7 Å². The smallest absolute Gasteiger partial charge is 0.123 e. The van der Waals surface area contributed by atoms with Gasteiger partial charge >= 0.3 is 0 Å². The Bertz CT molecular complexity index is 726. The minimum atomic E-state index is 0.107. The van der Waals surface area contributed by atoms with Crippen LogP contribution < -0.4 is 10.1 Å². The van der Waals surface area contributed by atoms with E-state index >= 15 is 0 Å². The van der Waals surface area contributed by atoms with E-state index in [-0.39, 0.29) is 11.1 Å². The number of piperidine rings is 1. The Labute approximate surface area is 164 Å². The Morgan fingerprint density at radius 3 is 2.30 bits per heavy atom. The van der Waals surface area contributed by atoms with Crippen molar-refractivity contribution in [1.29, 1.82) is 0 Å². The summed E-state index contributed by atoms with van der Waals surface area (Å²) in [6.45, 7) is 10.9. The summed E-state index contributed by atoms with van der Waals surface area (Å²) in [7, 11) is 1.75. The predicted octanol–water partition coefficient (Wildman–Crippen LogP) is 4.40. The van der Waals surface area contributed by atoms with E-state index in [2.05, 4.69) is 67.2 Å². The highest BCUT2D eigenvalue weighted by Crippen LogP contribution is 2.33. The Balaban J connectivity index is 1.89. The number of ether oxygens (including phenoxy) is 1. The molecule has 1 N–H and O–H groups in total. The van der Waals surface area contributed by atoms with Crippen molar-refractivity contribution in [2.24, 2.45) is 0 Å². The zero-order valence-corrected chi connectivity index (χ0v) is 17.3. The summed E-state index contributed by atoms with van der Waals surface area (Å²) in [6, 6.07) is 15.0. The van der Waals surface area contributed by atoms with Crippen molar-refractivity contribution >= 4 is 0 Å². The maximum atomic E-state index is 5.61. The maximum Gasteiger partial charge on any atom is 0.123 e. The Morgan fingerprint density at radius 1 is 1.00 bits per heavy atom. The van der Waals surface area contributed by atoms with Gasteiger partial charge in [0.2, 0.25) is 0 Å². The molecule has 146 valence electrons. The summed E-state index contributed by atoms with van der Waals surface area (Å²) in [6.07, 6.45) is 4.10. The molecule has 2 heterocycles. The van der Waals surface area contributed by atoms with E-state index in [9.17, 15) is 0 Å². The third kappa shape index (κ3) is 5.30. The first-order chi connectivity index (χ1) is 12.8. The first-order valence-electron chi connectivity index (χ1n) is 9.83. The first kappa shape index (κ1) is 19.8. The van der Waals surface area contributed by atoms with Crippen LogP contribution in [-0.2, 0) is 13.1 Å². The quantitative estimate of drug-likeness (QED) is 0.821. The van der Waals surface area contributed by atoms with Crippen LogP contribution in [0.5, 0.6) is 5.75 Å². The standard InChI is InChI=1S/C23H33N3O/c1-22(2)14-20(15-23(3,4)25-22)26(17-19-11-8-9-13-24-19)16-18-10-6-7-12-21(18)27-5/h6-13,20,25H,14-17H2,1-5H3. The molecule has 1 aromatic heterocycles. The van der Waals surface area contributed by atoms with Crippen LogP contribution >= 0.6 is 0 Å². The van der Waals surface area contributed by atoms with E-state index in [4.69, 9.17) is 4.74 Å². The third-order valence-electron chi connectivity index (χ3n) is 5.34. The van der Waals surface area contributed by atoms with Gasteiger partial charge in [-0.25, -0.2) is 0 Å². The van der Waals surface area contributed by atoms with Crippen molar-refractivity contribution in [2.75, 3.05) is 7.11 Å². The van der Waals surface area contributed by atoms with Gasteiger partial charge in [-0.15, -0.1) is 0 Å². The van der Waals surface area contributed by atoms with Gasteiger partial charge in [-0.3, -0.25) is 9.88 Å². The number of hydrogen-bond acceptors (Lipinski definition) is 4. The van der Waals surface area contributed by atoms with Crippen LogP contribution in [0.1, 0.15) is 51.8 Å². The molecule has 0 bridgehead atoms. The molecule has 0 amide bonds. The number of nitrogens with one attached hydrogen (secondary N) is 1. The number of benzene rings is 1. The number of methoxy groups -OCH3 is 1. The highest BCUT2D eigenvalue weighted by Gasteiger charge is 2.40. The monoisotopic (exact) mass is 367 g/mol. The van der Waals surface area contributed by atoms with E-state index in [1.807, 2.05) is 24.4 Å². The Kier molecular flexibility index (Phi) is 5.87. The normalized spacial score (nSPS) is 19.2. The fourth-order valence-corrected chi connectivity index (χ4v) is 4.59. The van der Waals surface area contributed by atoms with Crippen LogP contribution in [0.2, 0.25) is 0 Å². The van der Waals surface area contributed by atoms with Gasteiger partial charge < -0.3 is 10.1 Å². The zero-order valence-electron chi connectivity index (χ0n) is 17.3. The average molecular weight is 368 g/mol. The molecule has 0 unspecified atom stereocenters. The lowest BCUT2D eigenvalue weighted by molar-refractivity contribution is 0.0552. The number of aromatic nitrogens is 1. The van der Waals surface area contributed by atoms with Crippen LogP contribution in [0.15, 0.2) is 48.7 Å². The largest absolute Gasteiger partial charge is 0.496 e. The predicted molar refractivity (Wildman–Crippen MR) is 111 cm³/mol. The molecule has 0 radical (unpaired) electrons. The summed E-state index contributed by atoms with van der Waals surface area (Å²) >= 11 is 0. The molecule has 1 fully saturated rings. The van der Waals surface area contributed by atoms with Crippen LogP contribution in [-0.4, -0.2) is 34.1 Å². The van der Waals surface area contributed by atoms with Gasteiger partial charge in [0.25, 0.3) is 0 Å². The van der Waals surface area contributed by atoms with E-state index in [0.717, 1.165) is 37.4 Å². The zero-order chi connectivity index (χ0) is 19.5. The number of hydrogen-bond donors (Lipinski definition) is 1. The SMILES string of the molecule is COc1ccccc1CN(Cc1ccccn1)C1CC(C)(C)NC(C)(C)C1. The molecule has 1 aliphatic rings. The number of nitrogens with zero attached hydrogens (tertiary/aromatic N) is 2. The first-order valence-corrected chi connectivity index (χ1v) is 9.83. The summed E-state index contributed by atoms with van der Waals surface area (Å²) < 4.78 is 5.61. The molecule has 0 aliphatic carbocycles. The van der Waals surface area contributed by atoms with Crippen LogP contribution in [0.25, 0.3) is 0 Å². The second kappa shape index (κ2) is 7.99. The van der Waals surface area contributed by atoms with E-state index in [0.29, 0.717) is 6.04 Å². The molecule has 0 spiro atoms. The number of pyridine rings is 1. The van der Waals surface area contributed by atoms with Crippen molar-refractivity contribution in [3.8, 4) is 5.75 Å². The lowest BCUT2D eigenvalue weighted by Gasteiger charge is -2.49. The molecule has 0 atom stereocenters. The number of rotatable bonds is 6. The molecular weight excluding hydrogens is 334 g/mol. The highest BCUT2D eigenvalue weighted by molar-refractivity contribution is 5.33.